The third-order valence-electron chi connectivity index (χ3n) is 4.06. The first kappa shape index (κ1) is 10.7. The Balaban J connectivity index is 1.93. The van der Waals surface area contributed by atoms with E-state index in [2.05, 4.69) is 0 Å². The van der Waals surface area contributed by atoms with Crippen LogP contribution in [0, 0.1) is 11.8 Å². The second kappa shape index (κ2) is 3.29. The predicted molar refractivity (Wildman–Crippen MR) is 53.8 cm³/mol. The van der Waals surface area contributed by atoms with Crippen molar-refractivity contribution in [1.29, 1.82) is 0 Å². The number of carboxylic acids is 1. The van der Waals surface area contributed by atoms with Crippen molar-refractivity contribution in [1.82, 2.24) is 4.90 Å². The summed E-state index contributed by atoms with van der Waals surface area (Å²) < 4.78 is 5.55. The first-order chi connectivity index (χ1) is 8.02. The molecular weight excluding hydrogens is 226 g/mol. The number of nitrogens with zero attached hydrogens (tertiary/aromatic N) is 1. The van der Waals surface area contributed by atoms with Crippen LogP contribution in [0.25, 0.3) is 0 Å². The number of amides is 2. The molecule has 6 nitrogen and oxygen atoms in total. The van der Waals surface area contributed by atoms with Crippen molar-refractivity contribution in [3.05, 3.63) is 0 Å². The largest absolute Gasteiger partial charge is 0.480 e. The Morgan fingerprint density at radius 3 is 2.18 bits per heavy atom. The summed E-state index contributed by atoms with van der Waals surface area (Å²) in [7, 11) is 0. The minimum Gasteiger partial charge on any atom is -0.480 e. The van der Waals surface area contributed by atoms with Gasteiger partial charge in [-0.05, 0) is 19.8 Å². The zero-order valence-electron chi connectivity index (χ0n) is 9.33. The van der Waals surface area contributed by atoms with Crippen molar-refractivity contribution in [3.63, 3.8) is 0 Å². The second-order valence-electron chi connectivity index (χ2n) is 4.90. The van der Waals surface area contributed by atoms with E-state index >= 15 is 0 Å². The molecule has 0 aromatic carbocycles. The minimum absolute atomic E-state index is 0.188. The molecule has 2 bridgehead atoms. The van der Waals surface area contributed by atoms with Crippen LogP contribution in [0.1, 0.15) is 19.8 Å². The van der Waals surface area contributed by atoms with Gasteiger partial charge in [-0.1, -0.05) is 0 Å². The van der Waals surface area contributed by atoms with Gasteiger partial charge in [0.2, 0.25) is 11.8 Å². The molecule has 3 saturated heterocycles. The highest BCUT2D eigenvalue weighted by Gasteiger charge is 2.63. The fourth-order valence-electron chi connectivity index (χ4n) is 3.23. The maximum absolute atomic E-state index is 12.1. The van der Waals surface area contributed by atoms with Gasteiger partial charge in [0.05, 0.1) is 24.0 Å². The zero-order chi connectivity index (χ0) is 12.3. The highest BCUT2D eigenvalue weighted by atomic mass is 16.5. The van der Waals surface area contributed by atoms with Crippen molar-refractivity contribution in [3.8, 4) is 0 Å². The fraction of sp³-hybridized carbons (Fsp3) is 0.727. The molecule has 3 heterocycles. The lowest BCUT2D eigenvalue weighted by Gasteiger charge is -2.21. The quantitative estimate of drug-likeness (QED) is 0.664. The number of aliphatic carboxylic acids is 1. The highest BCUT2D eigenvalue weighted by molar-refractivity contribution is 6.08. The van der Waals surface area contributed by atoms with Crippen LogP contribution >= 0.6 is 0 Å². The SMILES string of the molecule is C[C@@H](C(=O)O)N1C(=O)[C@@H]2[C@@H](C1=O)[C@@H]1CC[C@@H]2O1. The van der Waals surface area contributed by atoms with Gasteiger partial charge in [0.15, 0.2) is 0 Å². The van der Waals surface area contributed by atoms with Gasteiger partial charge in [-0.25, -0.2) is 4.79 Å². The lowest BCUT2D eigenvalue weighted by molar-refractivity contribution is -0.155. The van der Waals surface area contributed by atoms with Gasteiger partial charge in [-0.2, -0.15) is 0 Å². The summed E-state index contributed by atoms with van der Waals surface area (Å²) >= 11 is 0. The Bertz CT molecular complexity index is 392. The summed E-state index contributed by atoms with van der Waals surface area (Å²) in [4.78, 5) is 36.0. The van der Waals surface area contributed by atoms with E-state index in [0.717, 1.165) is 17.7 Å². The third kappa shape index (κ3) is 1.21. The van der Waals surface area contributed by atoms with Gasteiger partial charge in [0.25, 0.3) is 0 Å². The number of hydrogen-bond donors (Lipinski definition) is 1. The van der Waals surface area contributed by atoms with Gasteiger partial charge in [-0.15, -0.1) is 0 Å². The molecule has 3 rings (SSSR count). The lowest BCUT2D eigenvalue weighted by Crippen LogP contribution is -2.45. The molecule has 3 fully saturated rings. The Morgan fingerprint density at radius 2 is 1.76 bits per heavy atom. The first-order valence-electron chi connectivity index (χ1n) is 5.77. The molecule has 0 aromatic rings. The predicted octanol–water partition coefficient (Wildman–Crippen LogP) is -0.378. The molecule has 5 atom stereocenters. The van der Waals surface area contributed by atoms with Crippen LogP contribution in [0.4, 0.5) is 0 Å². The van der Waals surface area contributed by atoms with Crippen molar-refractivity contribution in [2.24, 2.45) is 11.8 Å². The summed E-state index contributed by atoms with van der Waals surface area (Å²) in [6, 6.07) is -1.08. The molecule has 0 aliphatic carbocycles. The highest BCUT2D eigenvalue weighted by Crippen LogP contribution is 2.48. The number of imide groups is 1. The maximum atomic E-state index is 12.1. The van der Waals surface area contributed by atoms with Crippen LogP contribution in [-0.2, 0) is 19.1 Å². The average molecular weight is 239 g/mol. The van der Waals surface area contributed by atoms with E-state index in [-0.39, 0.29) is 24.0 Å². The molecule has 0 aromatic heterocycles. The standard InChI is InChI=1S/C11H13NO5/c1-4(11(15)16)12-9(13)7-5-2-3-6(17-5)8(7)10(12)14/h4-8H,2-3H2,1H3,(H,15,16)/t4-,5-,6-,7-,8-/m0/s1. The Morgan fingerprint density at radius 1 is 1.29 bits per heavy atom. The number of fused-ring (bicyclic) bond motifs is 5. The normalized spacial score (nSPS) is 40.9. The number of ether oxygens (including phenoxy) is 1. The number of hydrogen-bond acceptors (Lipinski definition) is 4. The molecule has 3 aliphatic heterocycles. The molecule has 2 amide bonds. The van der Waals surface area contributed by atoms with E-state index in [1.54, 1.807) is 0 Å². The lowest BCUT2D eigenvalue weighted by atomic mass is 9.81. The number of likely N-dealkylation sites (tertiary alicyclic amines) is 1. The third-order valence-corrected chi connectivity index (χ3v) is 4.06. The van der Waals surface area contributed by atoms with Gasteiger partial charge in [-0.3, -0.25) is 14.5 Å². The van der Waals surface area contributed by atoms with Crippen LogP contribution < -0.4 is 0 Å². The van der Waals surface area contributed by atoms with Crippen molar-refractivity contribution in [2.45, 2.75) is 38.0 Å². The molecule has 92 valence electrons. The number of rotatable bonds is 2. The Hall–Kier alpha value is -1.43. The van der Waals surface area contributed by atoms with Crippen LogP contribution in [-0.4, -0.2) is 46.0 Å². The van der Waals surface area contributed by atoms with E-state index in [1.807, 2.05) is 0 Å². The summed E-state index contributed by atoms with van der Waals surface area (Å²) in [5.74, 6) is -2.78. The van der Waals surface area contributed by atoms with E-state index in [4.69, 9.17) is 9.84 Å². The summed E-state index contributed by atoms with van der Waals surface area (Å²) in [6.45, 7) is 1.36. The van der Waals surface area contributed by atoms with Gasteiger partial charge in [0.1, 0.15) is 6.04 Å². The van der Waals surface area contributed by atoms with Crippen molar-refractivity contribution >= 4 is 17.8 Å². The van der Waals surface area contributed by atoms with Crippen molar-refractivity contribution in [2.75, 3.05) is 0 Å². The number of carbonyl (C=O) groups is 3. The summed E-state index contributed by atoms with van der Waals surface area (Å²) in [5.41, 5.74) is 0. The molecule has 0 radical (unpaired) electrons. The maximum Gasteiger partial charge on any atom is 0.326 e. The van der Waals surface area contributed by atoms with E-state index < -0.39 is 23.8 Å². The smallest absolute Gasteiger partial charge is 0.326 e. The van der Waals surface area contributed by atoms with E-state index in [9.17, 15) is 14.4 Å². The summed E-state index contributed by atoms with van der Waals surface area (Å²) in [6.07, 6.45) is 1.21. The molecule has 17 heavy (non-hydrogen) atoms. The molecule has 0 saturated carbocycles. The molecule has 1 N–H and O–H groups in total. The Kier molecular flexibility index (Phi) is 2.07. The summed E-state index contributed by atoms with van der Waals surface area (Å²) in [5, 5.41) is 8.91. The molecule has 0 spiro atoms. The Labute approximate surface area is 97.5 Å². The van der Waals surface area contributed by atoms with Crippen LogP contribution in [0.15, 0.2) is 0 Å². The molecule has 0 unspecified atom stereocenters. The second-order valence-corrected chi connectivity index (χ2v) is 4.90. The van der Waals surface area contributed by atoms with E-state index in [0.29, 0.717) is 0 Å². The van der Waals surface area contributed by atoms with Crippen LogP contribution in [0.3, 0.4) is 0 Å². The monoisotopic (exact) mass is 239 g/mol. The van der Waals surface area contributed by atoms with Crippen molar-refractivity contribution < 1.29 is 24.2 Å². The fourth-order valence-corrected chi connectivity index (χ4v) is 3.23. The van der Waals surface area contributed by atoms with Crippen LogP contribution in [0.5, 0.6) is 0 Å². The minimum atomic E-state index is -1.15. The zero-order valence-corrected chi connectivity index (χ0v) is 9.33. The van der Waals surface area contributed by atoms with Gasteiger partial charge < -0.3 is 9.84 Å². The number of carbonyl (C=O) groups excluding carboxylic acids is 2. The van der Waals surface area contributed by atoms with Gasteiger partial charge >= 0.3 is 5.97 Å². The first-order valence-corrected chi connectivity index (χ1v) is 5.77. The van der Waals surface area contributed by atoms with Gasteiger partial charge in [0, 0.05) is 0 Å². The molecule has 6 heteroatoms. The number of carboxylic acid groups (broad SMARTS) is 1. The topological polar surface area (TPSA) is 83.9 Å². The van der Waals surface area contributed by atoms with Crippen LogP contribution in [0.2, 0.25) is 0 Å². The average Bonchev–Trinajstić information content (AvgIpc) is 2.92. The van der Waals surface area contributed by atoms with E-state index in [1.165, 1.54) is 6.92 Å². The molecule has 3 aliphatic rings. The molecular formula is C11H13NO5.